The maximum Gasteiger partial charge on any atom is 0.320 e. The number of unbranched alkanes of at least 4 members (excludes halogenated alkanes) is 1. The molecule has 1 aliphatic heterocycles. The zero-order valence-electron chi connectivity index (χ0n) is 20.8. The van der Waals surface area contributed by atoms with Gasteiger partial charge in [0.1, 0.15) is 11.2 Å². The summed E-state index contributed by atoms with van der Waals surface area (Å²) in [6.45, 7) is 16.0. The van der Waals surface area contributed by atoms with Crippen molar-refractivity contribution >= 4 is 17.8 Å². The molecule has 0 radical (unpaired) electrons. The van der Waals surface area contributed by atoms with Crippen molar-refractivity contribution in [2.45, 2.75) is 105 Å². The molecule has 0 bridgehead atoms. The number of likely N-dealkylation sites (tertiary alicyclic amines) is 1. The Morgan fingerprint density at radius 2 is 1.55 bits per heavy atom. The van der Waals surface area contributed by atoms with Crippen LogP contribution in [0.4, 0.5) is 0 Å². The molecule has 1 rings (SSSR count). The van der Waals surface area contributed by atoms with Gasteiger partial charge in [-0.25, -0.2) is 0 Å². The highest BCUT2D eigenvalue weighted by Crippen LogP contribution is 2.34. The quantitative estimate of drug-likeness (QED) is 0.316. The summed E-state index contributed by atoms with van der Waals surface area (Å²) in [5.74, 6) is -1.93. The summed E-state index contributed by atoms with van der Waals surface area (Å²) in [6, 6.07) is -0.192. The van der Waals surface area contributed by atoms with Crippen LogP contribution in [0, 0.1) is 17.8 Å². The van der Waals surface area contributed by atoms with Gasteiger partial charge in [0.25, 0.3) is 0 Å². The molecule has 1 heterocycles. The number of amides is 1. The summed E-state index contributed by atoms with van der Waals surface area (Å²) in [7, 11) is 0. The Kier molecular flexibility index (Phi) is 9.99. The van der Waals surface area contributed by atoms with Crippen LogP contribution in [0.1, 0.15) is 87.5 Å². The second-order valence-electron chi connectivity index (χ2n) is 11.1. The summed E-state index contributed by atoms with van der Waals surface area (Å²) >= 11 is 0. The number of nitrogens with zero attached hydrogens (tertiary/aromatic N) is 1. The van der Waals surface area contributed by atoms with Gasteiger partial charge in [0.05, 0.1) is 0 Å². The first-order valence-corrected chi connectivity index (χ1v) is 11.6. The van der Waals surface area contributed by atoms with Crippen molar-refractivity contribution < 1.29 is 23.9 Å². The molecule has 0 aromatic heterocycles. The van der Waals surface area contributed by atoms with Crippen LogP contribution in [0.15, 0.2) is 0 Å². The SMILES string of the molecule is CC(C)CN1C(=O)[C@H](CCCCN)C[C@H]1CC(C(=O)OC(C)(C)C)C(=O)OC(C)(C)C. The third-order valence-electron chi connectivity index (χ3n) is 5.09. The second kappa shape index (κ2) is 11.3. The van der Waals surface area contributed by atoms with Gasteiger partial charge in [-0.15, -0.1) is 0 Å². The number of carbonyl (C=O) groups excluding carboxylic acids is 3. The molecule has 0 saturated carbocycles. The van der Waals surface area contributed by atoms with E-state index in [0.29, 0.717) is 19.5 Å². The maximum atomic E-state index is 13.1. The number of carbonyl (C=O) groups is 3. The molecule has 1 fully saturated rings. The molecule has 1 aliphatic rings. The standard InChI is InChI=1S/C24H44N2O5/c1-16(2)15-26-18(13-17(20(26)27)11-9-10-12-25)14-19(21(28)30-23(3,4)5)22(29)31-24(6,7)8/h16-19H,9-15,25H2,1-8H3/t17-,18+/m1/s1. The molecule has 1 amide bonds. The molecule has 1 saturated heterocycles. The highest BCUT2D eigenvalue weighted by molar-refractivity contribution is 5.95. The second-order valence-corrected chi connectivity index (χ2v) is 11.1. The highest BCUT2D eigenvalue weighted by Gasteiger charge is 2.44. The van der Waals surface area contributed by atoms with Gasteiger partial charge in [0.15, 0.2) is 5.92 Å². The Morgan fingerprint density at radius 1 is 1.03 bits per heavy atom. The van der Waals surface area contributed by atoms with Crippen molar-refractivity contribution in [1.29, 1.82) is 0 Å². The average molecular weight is 441 g/mol. The fourth-order valence-corrected chi connectivity index (χ4v) is 3.91. The number of esters is 2. The lowest BCUT2D eigenvalue weighted by molar-refractivity contribution is -0.175. The predicted molar refractivity (Wildman–Crippen MR) is 121 cm³/mol. The van der Waals surface area contributed by atoms with Crippen molar-refractivity contribution in [3.8, 4) is 0 Å². The summed E-state index contributed by atoms with van der Waals surface area (Å²) in [5, 5.41) is 0. The predicted octanol–water partition coefficient (Wildman–Crippen LogP) is 3.68. The fourth-order valence-electron chi connectivity index (χ4n) is 3.91. The molecule has 0 spiro atoms. The third-order valence-corrected chi connectivity index (χ3v) is 5.09. The molecular formula is C24H44N2O5. The van der Waals surface area contributed by atoms with E-state index in [1.807, 2.05) is 4.90 Å². The van der Waals surface area contributed by atoms with Crippen molar-refractivity contribution in [1.82, 2.24) is 4.90 Å². The van der Waals surface area contributed by atoms with Crippen LogP contribution in [0.5, 0.6) is 0 Å². The lowest BCUT2D eigenvalue weighted by atomic mass is 9.92. The summed E-state index contributed by atoms with van der Waals surface area (Å²) in [6.07, 6.45) is 3.42. The summed E-state index contributed by atoms with van der Waals surface area (Å²) < 4.78 is 11.1. The van der Waals surface area contributed by atoms with Crippen molar-refractivity contribution in [3.63, 3.8) is 0 Å². The minimum absolute atomic E-state index is 0.0896. The van der Waals surface area contributed by atoms with Gasteiger partial charge < -0.3 is 20.1 Å². The van der Waals surface area contributed by atoms with E-state index in [1.165, 1.54) is 0 Å². The van der Waals surface area contributed by atoms with Gasteiger partial charge in [0, 0.05) is 18.5 Å². The van der Waals surface area contributed by atoms with E-state index in [9.17, 15) is 14.4 Å². The molecule has 7 heteroatoms. The lowest BCUT2D eigenvalue weighted by Gasteiger charge is -2.31. The topological polar surface area (TPSA) is 98.9 Å². The van der Waals surface area contributed by atoms with Gasteiger partial charge in [-0.2, -0.15) is 0 Å². The van der Waals surface area contributed by atoms with Crippen LogP contribution in [0.2, 0.25) is 0 Å². The lowest BCUT2D eigenvalue weighted by Crippen LogP contribution is -2.42. The summed E-state index contributed by atoms with van der Waals surface area (Å²) in [4.78, 5) is 40.8. The van der Waals surface area contributed by atoms with E-state index in [-0.39, 0.29) is 30.2 Å². The molecule has 0 unspecified atom stereocenters. The maximum absolute atomic E-state index is 13.1. The van der Waals surface area contributed by atoms with Crippen LogP contribution in [0.3, 0.4) is 0 Å². The van der Waals surface area contributed by atoms with E-state index >= 15 is 0 Å². The van der Waals surface area contributed by atoms with E-state index in [2.05, 4.69) is 13.8 Å². The Balaban J connectivity index is 3.09. The molecule has 0 aromatic carbocycles. The van der Waals surface area contributed by atoms with Crippen molar-refractivity contribution in [3.05, 3.63) is 0 Å². The van der Waals surface area contributed by atoms with Crippen molar-refractivity contribution in [2.24, 2.45) is 23.5 Å². The number of nitrogens with two attached hydrogens (primary N) is 1. The molecule has 31 heavy (non-hydrogen) atoms. The molecule has 0 aliphatic carbocycles. The molecular weight excluding hydrogens is 396 g/mol. The number of hydrogen-bond donors (Lipinski definition) is 1. The van der Waals surface area contributed by atoms with Gasteiger partial charge in [-0.1, -0.05) is 20.3 Å². The van der Waals surface area contributed by atoms with E-state index in [0.717, 1.165) is 19.3 Å². The molecule has 2 N–H and O–H groups in total. The molecule has 2 atom stereocenters. The van der Waals surface area contributed by atoms with Crippen LogP contribution in [0.25, 0.3) is 0 Å². The Morgan fingerprint density at radius 3 is 1.97 bits per heavy atom. The van der Waals surface area contributed by atoms with Gasteiger partial charge >= 0.3 is 11.9 Å². The van der Waals surface area contributed by atoms with Gasteiger partial charge in [0.2, 0.25) is 5.91 Å². The van der Waals surface area contributed by atoms with Gasteiger partial charge in [-0.3, -0.25) is 14.4 Å². The van der Waals surface area contributed by atoms with E-state index < -0.39 is 29.1 Å². The minimum atomic E-state index is -1.06. The Hall–Kier alpha value is -1.63. The van der Waals surface area contributed by atoms with Crippen LogP contribution >= 0.6 is 0 Å². The van der Waals surface area contributed by atoms with Gasteiger partial charge in [-0.05, 0) is 79.7 Å². The third kappa shape index (κ3) is 9.58. The Bertz CT molecular complexity index is 590. The minimum Gasteiger partial charge on any atom is -0.459 e. The van der Waals surface area contributed by atoms with Crippen LogP contribution in [-0.4, -0.2) is 53.1 Å². The monoisotopic (exact) mass is 440 g/mol. The normalized spacial score (nSPS) is 20.0. The Labute approximate surface area is 188 Å². The number of ether oxygens (including phenoxy) is 2. The first-order chi connectivity index (χ1) is 14.1. The van der Waals surface area contributed by atoms with E-state index in [1.54, 1.807) is 41.5 Å². The summed E-state index contributed by atoms with van der Waals surface area (Å²) in [5.41, 5.74) is 4.17. The number of hydrogen-bond acceptors (Lipinski definition) is 6. The zero-order valence-corrected chi connectivity index (χ0v) is 20.8. The van der Waals surface area contributed by atoms with Crippen LogP contribution in [-0.2, 0) is 23.9 Å². The molecule has 0 aromatic rings. The highest BCUT2D eigenvalue weighted by atomic mass is 16.6. The first kappa shape index (κ1) is 27.4. The number of rotatable bonds is 10. The zero-order chi connectivity index (χ0) is 24.0. The molecule has 7 nitrogen and oxygen atoms in total. The van der Waals surface area contributed by atoms with Crippen LogP contribution < -0.4 is 5.73 Å². The molecule has 180 valence electrons. The average Bonchev–Trinajstić information content (AvgIpc) is 2.85. The smallest absolute Gasteiger partial charge is 0.320 e. The van der Waals surface area contributed by atoms with Crippen molar-refractivity contribution in [2.75, 3.05) is 13.1 Å². The van der Waals surface area contributed by atoms with E-state index in [4.69, 9.17) is 15.2 Å². The first-order valence-electron chi connectivity index (χ1n) is 11.6. The fraction of sp³-hybridized carbons (Fsp3) is 0.875. The largest absolute Gasteiger partial charge is 0.459 e.